The second kappa shape index (κ2) is 6.64. The van der Waals surface area contributed by atoms with Gasteiger partial charge < -0.3 is 4.57 Å². The summed E-state index contributed by atoms with van der Waals surface area (Å²) < 4.78 is 2.32. The van der Waals surface area contributed by atoms with Gasteiger partial charge in [0.25, 0.3) is 0 Å². The maximum absolute atomic E-state index is 4.88. The number of nitrogens with zero attached hydrogens (tertiary/aromatic N) is 2. The van der Waals surface area contributed by atoms with Crippen LogP contribution in [0.3, 0.4) is 0 Å². The molecule has 0 N–H and O–H groups in total. The van der Waals surface area contributed by atoms with E-state index in [-0.39, 0.29) is 0 Å². The molecule has 3 aromatic rings. The smallest absolute Gasteiger partial charge is 0.133 e. The Balaban J connectivity index is 2.12. The Kier molecular flexibility index (Phi) is 4.57. The summed E-state index contributed by atoms with van der Waals surface area (Å²) in [5.41, 5.74) is 7.49. The molecule has 1 aromatic heterocycles. The van der Waals surface area contributed by atoms with Crippen molar-refractivity contribution < 1.29 is 0 Å². The van der Waals surface area contributed by atoms with Crippen LogP contribution < -0.4 is 0 Å². The Morgan fingerprint density at radius 1 is 1.00 bits per heavy atom. The number of rotatable bonds is 4. The lowest BCUT2D eigenvalue weighted by Gasteiger charge is -2.09. The van der Waals surface area contributed by atoms with E-state index in [1.807, 2.05) is 0 Å². The third-order valence-corrected chi connectivity index (χ3v) is 4.48. The van der Waals surface area contributed by atoms with E-state index >= 15 is 0 Å². The molecule has 2 nitrogen and oxygen atoms in total. The highest BCUT2D eigenvalue weighted by Gasteiger charge is 2.11. The van der Waals surface area contributed by atoms with Gasteiger partial charge in [-0.05, 0) is 61.6 Å². The summed E-state index contributed by atoms with van der Waals surface area (Å²) in [4.78, 5) is 4.88. The lowest BCUT2D eigenvalue weighted by molar-refractivity contribution is 0.804. The number of hydrogen-bond donors (Lipinski definition) is 0. The molecule has 0 unspecified atom stereocenters. The van der Waals surface area contributed by atoms with Crippen LogP contribution in [-0.2, 0) is 6.54 Å². The number of allylic oxidation sites excluding steroid dienone is 1. The molecule has 0 radical (unpaired) electrons. The molecule has 0 bridgehead atoms. The summed E-state index contributed by atoms with van der Waals surface area (Å²) in [6, 6.07) is 13.2. The first-order valence-corrected chi connectivity index (χ1v) is 8.65. The first kappa shape index (κ1) is 16.5. The van der Waals surface area contributed by atoms with Crippen molar-refractivity contribution >= 4 is 17.1 Å². The van der Waals surface area contributed by atoms with E-state index < -0.39 is 0 Å². The van der Waals surface area contributed by atoms with Crippen LogP contribution in [0.2, 0.25) is 0 Å². The molecule has 0 aliphatic heterocycles. The molecular weight excluding hydrogens is 292 g/mol. The van der Waals surface area contributed by atoms with Crippen LogP contribution in [0.4, 0.5) is 0 Å². The van der Waals surface area contributed by atoms with Crippen LogP contribution in [0.25, 0.3) is 17.1 Å². The van der Waals surface area contributed by atoms with Crippen LogP contribution in [-0.4, -0.2) is 9.55 Å². The van der Waals surface area contributed by atoms with Crippen molar-refractivity contribution in [3.63, 3.8) is 0 Å². The Morgan fingerprint density at radius 2 is 1.67 bits per heavy atom. The quantitative estimate of drug-likeness (QED) is 0.605. The maximum Gasteiger partial charge on any atom is 0.133 e. The molecule has 0 saturated heterocycles. The summed E-state index contributed by atoms with van der Waals surface area (Å²) in [5.74, 6) is 1.55. The van der Waals surface area contributed by atoms with Crippen molar-refractivity contribution in [1.29, 1.82) is 0 Å². The van der Waals surface area contributed by atoms with Crippen molar-refractivity contribution in [1.82, 2.24) is 9.55 Å². The van der Waals surface area contributed by atoms with Gasteiger partial charge in [-0.25, -0.2) is 4.98 Å². The summed E-state index contributed by atoms with van der Waals surface area (Å²) in [6.45, 7) is 11.7. The largest absolute Gasteiger partial charge is 0.320 e. The van der Waals surface area contributed by atoms with E-state index in [0.717, 1.165) is 17.9 Å². The molecule has 0 spiro atoms. The number of imidazole rings is 1. The van der Waals surface area contributed by atoms with E-state index in [1.165, 1.54) is 27.8 Å². The van der Waals surface area contributed by atoms with Crippen molar-refractivity contribution in [3.05, 3.63) is 70.6 Å². The fourth-order valence-electron chi connectivity index (χ4n) is 2.85. The predicted octanol–water partition coefficient (Wildman–Crippen LogP) is 5.68. The van der Waals surface area contributed by atoms with E-state index in [9.17, 15) is 0 Å². The number of aryl methyl sites for hydroxylation is 3. The van der Waals surface area contributed by atoms with Crippen molar-refractivity contribution in [2.45, 2.75) is 41.2 Å². The topological polar surface area (TPSA) is 17.8 Å². The average molecular weight is 318 g/mol. The molecule has 0 aliphatic carbocycles. The first-order valence-electron chi connectivity index (χ1n) is 8.65. The lowest BCUT2D eigenvalue weighted by atomic mass is 10.1. The monoisotopic (exact) mass is 318 g/mol. The van der Waals surface area contributed by atoms with Crippen molar-refractivity contribution in [3.8, 4) is 0 Å². The third kappa shape index (κ3) is 3.43. The highest BCUT2D eigenvalue weighted by molar-refractivity contribution is 5.80. The second-order valence-electron chi connectivity index (χ2n) is 7.07. The van der Waals surface area contributed by atoms with E-state index in [1.54, 1.807) is 0 Å². The molecule has 124 valence electrons. The summed E-state index contributed by atoms with van der Waals surface area (Å²) in [5, 5.41) is 0. The summed E-state index contributed by atoms with van der Waals surface area (Å²) in [7, 11) is 0. The zero-order valence-corrected chi connectivity index (χ0v) is 15.3. The highest BCUT2D eigenvalue weighted by Crippen LogP contribution is 2.23. The van der Waals surface area contributed by atoms with Gasteiger partial charge in [0.2, 0.25) is 0 Å². The van der Waals surface area contributed by atoms with E-state index in [4.69, 9.17) is 4.98 Å². The summed E-state index contributed by atoms with van der Waals surface area (Å²) in [6.07, 6.45) is 4.37. The predicted molar refractivity (Wildman–Crippen MR) is 103 cm³/mol. The van der Waals surface area contributed by atoms with Gasteiger partial charge in [0, 0.05) is 6.54 Å². The van der Waals surface area contributed by atoms with Crippen LogP contribution >= 0.6 is 0 Å². The van der Waals surface area contributed by atoms with Crippen molar-refractivity contribution in [2.75, 3.05) is 0 Å². The molecule has 0 saturated carbocycles. The minimum atomic E-state index is 0.515. The molecule has 3 rings (SSSR count). The Labute approximate surface area is 144 Å². The zero-order chi connectivity index (χ0) is 17.3. The fraction of sp³-hybridized carbons (Fsp3) is 0.318. The minimum absolute atomic E-state index is 0.515. The molecular formula is C22H26N2. The van der Waals surface area contributed by atoms with Crippen LogP contribution in [0.1, 0.15) is 41.9 Å². The van der Waals surface area contributed by atoms with Crippen LogP contribution in [0.15, 0.2) is 42.5 Å². The highest BCUT2D eigenvalue weighted by atomic mass is 15.1. The maximum atomic E-state index is 4.88. The SMILES string of the molecule is Cc1ccc(Cn2c(/C=C/C(C)C)nc3cc(C)c(C)cc32)cc1. The number of fused-ring (bicyclic) bond motifs is 1. The standard InChI is InChI=1S/C22H26N2/c1-15(2)6-11-22-23-20-12-17(4)18(5)13-21(20)24(22)14-19-9-7-16(3)8-10-19/h6-13,15H,14H2,1-5H3/b11-6+. The molecule has 24 heavy (non-hydrogen) atoms. The van der Waals surface area contributed by atoms with Gasteiger partial charge in [-0.3, -0.25) is 0 Å². The van der Waals surface area contributed by atoms with Crippen LogP contribution in [0, 0.1) is 26.7 Å². The van der Waals surface area contributed by atoms with Gasteiger partial charge in [-0.2, -0.15) is 0 Å². The van der Waals surface area contributed by atoms with Gasteiger partial charge in [0.1, 0.15) is 5.82 Å². The molecule has 0 aliphatic rings. The molecule has 2 aromatic carbocycles. The van der Waals surface area contributed by atoms with Gasteiger partial charge in [0.15, 0.2) is 0 Å². The molecule has 0 amide bonds. The van der Waals surface area contributed by atoms with Gasteiger partial charge in [-0.1, -0.05) is 49.8 Å². The van der Waals surface area contributed by atoms with Gasteiger partial charge in [-0.15, -0.1) is 0 Å². The Morgan fingerprint density at radius 3 is 2.33 bits per heavy atom. The van der Waals surface area contributed by atoms with E-state index in [0.29, 0.717) is 5.92 Å². The fourth-order valence-corrected chi connectivity index (χ4v) is 2.85. The van der Waals surface area contributed by atoms with Crippen LogP contribution in [0.5, 0.6) is 0 Å². The Hall–Kier alpha value is -2.35. The summed E-state index contributed by atoms with van der Waals surface area (Å²) >= 11 is 0. The Bertz CT molecular complexity index is 880. The molecule has 0 atom stereocenters. The molecule has 0 fully saturated rings. The molecule has 2 heteroatoms. The second-order valence-corrected chi connectivity index (χ2v) is 7.07. The lowest BCUT2D eigenvalue weighted by Crippen LogP contribution is -2.02. The first-order chi connectivity index (χ1) is 11.4. The van der Waals surface area contributed by atoms with E-state index in [2.05, 4.69) is 87.7 Å². The van der Waals surface area contributed by atoms with Gasteiger partial charge >= 0.3 is 0 Å². The number of benzene rings is 2. The third-order valence-electron chi connectivity index (χ3n) is 4.48. The van der Waals surface area contributed by atoms with Crippen molar-refractivity contribution in [2.24, 2.45) is 5.92 Å². The average Bonchev–Trinajstić information content (AvgIpc) is 2.85. The normalized spacial score (nSPS) is 11.9. The zero-order valence-electron chi connectivity index (χ0n) is 15.3. The number of hydrogen-bond acceptors (Lipinski definition) is 1. The minimum Gasteiger partial charge on any atom is -0.320 e. The molecule has 1 heterocycles. The van der Waals surface area contributed by atoms with Gasteiger partial charge in [0.05, 0.1) is 11.0 Å². The number of aromatic nitrogens is 2.